The fraction of sp³-hybridized carbons (Fsp3) is 0.263. The molecule has 1 aliphatic heterocycles. The zero-order valence-corrected chi connectivity index (χ0v) is 16.9. The van der Waals surface area contributed by atoms with Gasteiger partial charge in [-0.05, 0) is 49.2 Å². The Hall–Kier alpha value is -2.43. The van der Waals surface area contributed by atoms with Crippen molar-refractivity contribution in [1.82, 2.24) is 14.4 Å². The smallest absolute Gasteiger partial charge is 0.337 e. The van der Waals surface area contributed by atoms with Crippen molar-refractivity contribution >= 4 is 21.6 Å². The molecule has 30 heavy (non-hydrogen) atoms. The topological polar surface area (TPSA) is 76.3 Å². The highest BCUT2D eigenvalue weighted by Crippen LogP contribution is 2.37. The molecule has 1 atom stereocenters. The van der Waals surface area contributed by atoms with Gasteiger partial charge < -0.3 is 4.52 Å². The predicted molar refractivity (Wildman–Crippen MR) is 102 cm³/mol. The second-order valence-corrected chi connectivity index (χ2v) is 9.09. The van der Waals surface area contributed by atoms with Crippen LogP contribution in [0.3, 0.4) is 0 Å². The summed E-state index contributed by atoms with van der Waals surface area (Å²) >= 11 is 5.83. The van der Waals surface area contributed by atoms with Gasteiger partial charge in [-0.3, -0.25) is 0 Å². The SMILES string of the molecule is O=S(=O)(c1ccc(Cl)cc1)N1CCC[C@H]1c1nc(-c2cccc(C(F)(F)F)c2)no1. The first-order chi connectivity index (χ1) is 14.2. The van der Waals surface area contributed by atoms with Gasteiger partial charge in [0.2, 0.25) is 21.7 Å². The molecule has 158 valence electrons. The summed E-state index contributed by atoms with van der Waals surface area (Å²) in [6, 6.07) is 9.65. The van der Waals surface area contributed by atoms with E-state index in [-0.39, 0.29) is 28.7 Å². The van der Waals surface area contributed by atoms with Gasteiger partial charge in [0.15, 0.2) is 0 Å². The van der Waals surface area contributed by atoms with Crippen LogP contribution in [0.5, 0.6) is 0 Å². The summed E-state index contributed by atoms with van der Waals surface area (Å²) in [6.45, 7) is 0.261. The van der Waals surface area contributed by atoms with Gasteiger partial charge in [0.05, 0.1) is 10.5 Å². The number of sulfonamides is 1. The lowest BCUT2D eigenvalue weighted by atomic mass is 10.1. The van der Waals surface area contributed by atoms with E-state index in [0.29, 0.717) is 17.9 Å². The van der Waals surface area contributed by atoms with Gasteiger partial charge in [0.1, 0.15) is 6.04 Å². The molecule has 0 N–H and O–H groups in total. The molecule has 0 radical (unpaired) electrons. The maximum atomic E-state index is 13.0. The van der Waals surface area contributed by atoms with E-state index >= 15 is 0 Å². The third-order valence-electron chi connectivity index (χ3n) is 4.80. The Balaban J connectivity index is 1.64. The van der Waals surface area contributed by atoms with Crippen LogP contribution in [-0.2, 0) is 16.2 Å². The fourth-order valence-electron chi connectivity index (χ4n) is 3.34. The zero-order valence-electron chi connectivity index (χ0n) is 15.3. The summed E-state index contributed by atoms with van der Waals surface area (Å²) in [4.78, 5) is 4.26. The van der Waals surface area contributed by atoms with E-state index < -0.39 is 27.8 Å². The summed E-state index contributed by atoms with van der Waals surface area (Å²) in [6.07, 6.45) is -3.46. The molecule has 3 aromatic rings. The van der Waals surface area contributed by atoms with Crippen LogP contribution in [0.15, 0.2) is 57.9 Å². The maximum absolute atomic E-state index is 13.0. The fourth-order valence-corrected chi connectivity index (χ4v) is 5.12. The van der Waals surface area contributed by atoms with E-state index in [9.17, 15) is 21.6 Å². The maximum Gasteiger partial charge on any atom is 0.416 e. The molecule has 1 aliphatic rings. The largest absolute Gasteiger partial charge is 0.416 e. The van der Waals surface area contributed by atoms with E-state index in [1.165, 1.54) is 40.7 Å². The van der Waals surface area contributed by atoms with Crippen molar-refractivity contribution in [3.05, 3.63) is 65.0 Å². The summed E-state index contributed by atoms with van der Waals surface area (Å²) < 4.78 is 71.4. The van der Waals surface area contributed by atoms with Crippen LogP contribution in [0.2, 0.25) is 5.02 Å². The second-order valence-electron chi connectivity index (χ2n) is 6.76. The first kappa shape index (κ1) is 20.8. The van der Waals surface area contributed by atoms with Crippen molar-refractivity contribution in [2.75, 3.05) is 6.54 Å². The van der Waals surface area contributed by atoms with Gasteiger partial charge in [-0.1, -0.05) is 28.9 Å². The Morgan fingerprint density at radius 3 is 2.57 bits per heavy atom. The highest BCUT2D eigenvalue weighted by Gasteiger charge is 2.39. The van der Waals surface area contributed by atoms with Gasteiger partial charge in [-0.15, -0.1) is 0 Å². The molecule has 0 spiro atoms. The van der Waals surface area contributed by atoms with Gasteiger partial charge >= 0.3 is 6.18 Å². The van der Waals surface area contributed by atoms with Gasteiger partial charge in [-0.2, -0.15) is 22.5 Å². The van der Waals surface area contributed by atoms with Crippen molar-refractivity contribution in [3.63, 3.8) is 0 Å². The monoisotopic (exact) mass is 457 g/mol. The van der Waals surface area contributed by atoms with E-state index in [1.807, 2.05) is 0 Å². The molecular formula is C19H15ClF3N3O3S. The number of hydrogen-bond donors (Lipinski definition) is 0. The predicted octanol–water partition coefficient (Wildman–Crippen LogP) is 4.93. The summed E-state index contributed by atoms with van der Waals surface area (Å²) in [7, 11) is -3.84. The van der Waals surface area contributed by atoms with Crippen molar-refractivity contribution in [1.29, 1.82) is 0 Å². The van der Waals surface area contributed by atoms with Crippen LogP contribution in [0.4, 0.5) is 13.2 Å². The lowest BCUT2D eigenvalue weighted by Gasteiger charge is -2.21. The van der Waals surface area contributed by atoms with E-state index in [0.717, 1.165) is 12.1 Å². The number of rotatable bonds is 4. The van der Waals surface area contributed by atoms with Crippen molar-refractivity contribution < 1.29 is 26.1 Å². The molecule has 0 amide bonds. The molecule has 0 aliphatic carbocycles. The van der Waals surface area contributed by atoms with E-state index in [1.54, 1.807) is 0 Å². The van der Waals surface area contributed by atoms with Gasteiger partial charge in [0, 0.05) is 17.1 Å². The highest BCUT2D eigenvalue weighted by atomic mass is 35.5. The van der Waals surface area contributed by atoms with E-state index in [4.69, 9.17) is 16.1 Å². The van der Waals surface area contributed by atoms with Gasteiger partial charge in [-0.25, -0.2) is 8.42 Å². The molecule has 6 nitrogen and oxygen atoms in total. The molecule has 11 heteroatoms. The average Bonchev–Trinajstić information content (AvgIpc) is 3.37. The Bertz CT molecular complexity index is 1160. The molecule has 2 heterocycles. The first-order valence-corrected chi connectivity index (χ1v) is 10.8. The Kier molecular flexibility index (Phi) is 5.33. The quantitative estimate of drug-likeness (QED) is 0.555. The Morgan fingerprint density at radius 1 is 1.13 bits per heavy atom. The van der Waals surface area contributed by atoms with Crippen LogP contribution >= 0.6 is 11.6 Å². The zero-order chi connectivity index (χ0) is 21.5. The second kappa shape index (κ2) is 7.68. The number of hydrogen-bond acceptors (Lipinski definition) is 5. The number of aromatic nitrogens is 2. The van der Waals surface area contributed by atoms with Crippen LogP contribution in [0.25, 0.3) is 11.4 Å². The van der Waals surface area contributed by atoms with Crippen LogP contribution in [0, 0.1) is 0 Å². The minimum atomic E-state index is -4.50. The Morgan fingerprint density at radius 2 is 1.87 bits per heavy atom. The summed E-state index contributed by atoms with van der Waals surface area (Å²) in [5.41, 5.74) is -0.705. The lowest BCUT2D eigenvalue weighted by Crippen LogP contribution is -2.30. The first-order valence-electron chi connectivity index (χ1n) is 8.95. The third-order valence-corrected chi connectivity index (χ3v) is 6.97. The van der Waals surface area contributed by atoms with Crippen molar-refractivity contribution in [2.24, 2.45) is 0 Å². The molecule has 0 unspecified atom stereocenters. The van der Waals surface area contributed by atoms with Crippen LogP contribution in [0.1, 0.15) is 30.3 Å². The average molecular weight is 458 g/mol. The molecule has 2 aromatic carbocycles. The normalized spacial score (nSPS) is 18.1. The number of nitrogens with zero attached hydrogens (tertiary/aromatic N) is 3. The third kappa shape index (κ3) is 3.94. The lowest BCUT2D eigenvalue weighted by molar-refractivity contribution is -0.137. The molecule has 4 rings (SSSR count). The standard InChI is InChI=1S/C19H15ClF3N3O3S/c20-14-6-8-15(9-7-14)30(27,28)26-10-2-5-16(26)18-24-17(25-29-18)12-3-1-4-13(11-12)19(21,22)23/h1,3-4,6-9,11,16H,2,5,10H2/t16-/m0/s1. The number of halogens is 4. The highest BCUT2D eigenvalue weighted by molar-refractivity contribution is 7.89. The summed E-state index contributed by atoms with van der Waals surface area (Å²) in [5.74, 6) is 0.00397. The molecular weight excluding hydrogens is 443 g/mol. The van der Waals surface area contributed by atoms with Crippen molar-refractivity contribution in [3.8, 4) is 11.4 Å². The number of alkyl halides is 3. The minimum Gasteiger partial charge on any atom is -0.337 e. The Labute approximate surface area is 175 Å². The number of benzene rings is 2. The van der Waals surface area contributed by atoms with E-state index in [2.05, 4.69) is 10.1 Å². The molecule has 1 aromatic heterocycles. The molecule has 1 saturated heterocycles. The molecule has 0 saturated carbocycles. The van der Waals surface area contributed by atoms with Crippen LogP contribution in [-0.4, -0.2) is 29.4 Å². The van der Waals surface area contributed by atoms with Crippen molar-refractivity contribution in [2.45, 2.75) is 30.0 Å². The van der Waals surface area contributed by atoms with Crippen LogP contribution < -0.4 is 0 Å². The summed E-state index contributed by atoms with van der Waals surface area (Å²) in [5, 5.41) is 4.17. The molecule has 0 bridgehead atoms. The molecule has 1 fully saturated rings. The minimum absolute atomic E-state index is 0.0353. The van der Waals surface area contributed by atoms with Gasteiger partial charge in [0.25, 0.3) is 0 Å².